The lowest BCUT2D eigenvalue weighted by molar-refractivity contribution is -0.112. The van der Waals surface area contributed by atoms with Crippen molar-refractivity contribution < 1.29 is 4.79 Å². The van der Waals surface area contributed by atoms with Gasteiger partial charge in [-0.25, -0.2) is 0 Å². The molecule has 2 aliphatic rings. The molecule has 1 spiro atoms. The number of thioether (sulfide) groups is 1. The fourth-order valence-electron chi connectivity index (χ4n) is 2.44. The minimum atomic E-state index is 0.134. The second kappa shape index (κ2) is 4.21. The Kier molecular flexibility index (Phi) is 3.14. The number of carbonyl (C=O) groups is 1. The van der Waals surface area contributed by atoms with Crippen LogP contribution in [0, 0.1) is 0 Å². The number of nitrogens with zero attached hydrogens (tertiary/aromatic N) is 1. The SMILES string of the molecule is CCN1CCC(=O)SC12CCNCC2. The van der Waals surface area contributed by atoms with E-state index in [1.54, 1.807) is 11.8 Å². The summed E-state index contributed by atoms with van der Waals surface area (Å²) >= 11 is 1.59. The van der Waals surface area contributed by atoms with Gasteiger partial charge in [-0.2, -0.15) is 0 Å². The van der Waals surface area contributed by atoms with E-state index < -0.39 is 0 Å². The van der Waals surface area contributed by atoms with Crippen molar-refractivity contribution in [2.45, 2.75) is 31.1 Å². The van der Waals surface area contributed by atoms with Gasteiger partial charge in [0.25, 0.3) is 0 Å². The second-order valence-electron chi connectivity index (χ2n) is 4.00. The molecule has 0 saturated carbocycles. The van der Waals surface area contributed by atoms with Gasteiger partial charge in [0, 0.05) is 13.0 Å². The molecule has 0 unspecified atom stereocenters. The minimum Gasteiger partial charge on any atom is -0.317 e. The Morgan fingerprint density at radius 3 is 2.86 bits per heavy atom. The topological polar surface area (TPSA) is 32.3 Å². The van der Waals surface area contributed by atoms with Gasteiger partial charge in [0.1, 0.15) is 0 Å². The zero-order valence-electron chi connectivity index (χ0n) is 8.71. The van der Waals surface area contributed by atoms with Crippen LogP contribution in [0.3, 0.4) is 0 Å². The van der Waals surface area contributed by atoms with Gasteiger partial charge >= 0.3 is 0 Å². The van der Waals surface area contributed by atoms with Crippen LogP contribution in [0.15, 0.2) is 0 Å². The van der Waals surface area contributed by atoms with E-state index in [2.05, 4.69) is 17.1 Å². The molecule has 0 aromatic rings. The number of rotatable bonds is 1. The number of hydrogen-bond acceptors (Lipinski definition) is 4. The quantitative estimate of drug-likeness (QED) is 0.707. The molecule has 3 nitrogen and oxygen atoms in total. The van der Waals surface area contributed by atoms with E-state index in [9.17, 15) is 4.79 Å². The Bertz CT molecular complexity index is 226. The summed E-state index contributed by atoms with van der Waals surface area (Å²) < 4.78 is 0. The van der Waals surface area contributed by atoms with Crippen LogP contribution in [-0.4, -0.2) is 41.1 Å². The Morgan fingerprint density at radius 2 is 2.21 bits per heavy atom. The van der Waals surface area contributed by atoms with Crippen molar-refractivity contribution in [2.75, 3.05) is 26.2 Å². The second-order valence-corrected chi connectivity index (χ2v) is 5.42. The molecule has 0 aliphatic carbocycles. The Morgan fingerprint density at radius 1 is 1.50 bits per heavy atom. The molecule has 2 saturated heterocycles. The fraction of sp³-hybridized carbons (Fsp3) is 0.900. The van der Waals surface area contributed by atoms with Crippen LogP contribution in [-0.2, 0) is 4.79 Å². The zero-order valence-corrected chi connectivity index (χ0v) is 9.53. The van der Waals surface area contributed by atoms with Crippen LogP contribution in [0.5, 0.6) is 0 Å². The van der Waals surface area contributed by atoms with E-state index >= 15 is 0 Å². The molecular formula is C10H18N2OS. The highest BCUT2D eigenvalue weighted by Crippen LogP contribution is 2.41. The number of hydrogen-bond donors (Lipinski definition) is 1. The van der Waals surface area contributed by atoms with Crippen molar-refractivity contribution in [1.29, 1.82) is 0 Å². The fourth-order valence-corrected chi connectivity index (χ4v) is 3.81. The largest absolute Gasteiger partial charge is 0.317 e. The first-order chi connectivity index (χ1) is 6.77. The van der Waals surface area contributed by atoms with Crippen LogP contribution in [0.4, 0.5) is 0 Å². The molecule has 0 aromatic heterocycles. The molecule has 80 valence electrons. The highest BCUT2D eigenvalue weighted by atomic mass is 32.2. The molecule has 0 atom stereocenters. The number of nitrogens with one attached hydrogen (secondary N) is 1. The molecule has 14 heavy (non-hydrogen) atoms. The highest BCUT2D eigenvalue weighted by Gasteiger charge is 2.42. The lowest BCUT2D eigenvalue weighted by atomic mass is 10.0. The van der Waals surface area contributed by atoms with E-state index in [1.165, 1.54) is 0 Å². The van der Waals surface area contributed by atoms with Crippen molar-refractivity contribution in [3.8, 4) is 0 Å². The molecule has 0 radical (unpaired) electrons. The molecule has 2 aliphatic heterocycles. The van der Waals surface area contributed by atoms with Gasteiger partial charge in [0.05, 0.1) is 4.87 Å². The van der Waals surface area contributed by atoms with Crippen LogP contribution in [0.1, 0.15) is 26.2 Å². The van der Waals surface area contributed by atoms with Crippen molar-refractivity contribution in [2.24, 2.45) is 0 Å². The summed E-state index contributed by atoms with van der Waals surface area (Å²) in [6.45, 7) is 6.33. The van der Waals surface area contributed by atoms with Crippen LogP contribution < -0.4 is 5.32 Å². The Balaban J connectivity index is 2.13. The number of piperidine rings is 1. The van der Waals surface area contributed by atoms with Gasteiger partial charge < -0.3 is 5.32 Å². The van der Waals surface area contributed by atoms with E-state index in [0.29, 0.717) is 5.12 Å². The predicted molar refractivity (Wildman–Crippen MR) is 59.3 cm³/mol. The number of carbonyl (C=O) groups excluding carboxylic acids is 1. The van der Waals surface area contributed by atoms with E-state index in [4.69, 9.17) is 0 Å². The zero-order chi connectivity index (χ0) is 10.0. The van der Waals surface area contributed by atoms with E-state index in [0.717, 1.165) is 45.4 Å². The maximum Gasteiger partial charge on any atom is 0.192 e. The van der Waals surface area contributed by atoms with Gasteiger partial charge in [-0.1, -0.05) is 18.7 Å². The summed E-state index contributed by atoms with van der Waals surface area (Å²) in [6, 6.07) is 0. The summed E-state index contributed by atoms with van der Waals surface area (Å²) in [5.74, 6) is 0. The molecule has 0 amide bonds. The summed E-state index contributed by atoms with van der Waals surface area (Å²) in [7, 11) is 0. The Hall–Kier alpha value is -0.0600. The van der Waals surface area contributed by atoms with Gasteiger partial charge in [-0.15, -0.1) is 0 Å². The molecule has 0 bridgehead atoms. The van der Waals surface area contributed by atoms with E-state index in [-0.39, 0.29) is 4.87 Å². The average molecular weight is 214 g/mol. The molecule has 4 heteroatoms. The van der Waals surface area contributed by atoms with Crippen LogP contribution in [0.25, 0.3) is 0 Å². The maximum absolute atomic E-state index is 11.5. The lowest BCUT2D eigenvalue weighted by Gasteiger charge is -2.47. The standard InChI is InChI=1S/C10H18N2OS/c1-2-12-8-3-9(13)14-10(12)4-6-11-7-5-10/h11H,2-8H2,1H3. The summed E-state index contributed by atoms with van der Waals surface area (Å²) in [5, 5.41) is 3.75. The molecule has 2 fully saturated rings. The molecule has 2 heterocycles. The van der Waals surface area contributed by atoms with Crippen molar-refractivity contribution >= 4 is 16.9 Å². The monoisotopic (exact) mass is 214 g/mol. The minimum absolute atomic E-state index is 0.134. The van der Waals surface area contributed by atoms with Crippen LogP contribution >= 0.6 is 11.8 Å². The van der Waals surface area contributed by atoms with Crippen molar-refractivity contribution in [3.63, 3.8) is 0 Å². The molecule has 2 rings (SSSR count). The van der Waals surface area contributed by atoms with Gasteiger partial charge in [0.15, 0.2) is 5.12 Å². The highest BCUT2D eigenvalue weighted by molar-refractivity contribution is 8.14. The Labute approximate surface area is 89.6 Å². The first-order valence-corrected chi connectivity index (χ1v) is 6.26. The molecular weight excluding hydrogens is 196 g/mol. The van der Waals surface area contributed by atoms with Gasteiger partial charge in [-0.05, 0) is 32.5 Å². The molecule has 0 aromatic carbocycles. The average Bonchev–Trinajstić information content (AvgIpc) is 2.19. The third-order valence-electron chi connectivity index (χ3n) is 3.23. The predicted octanol–water partition coefficient (Wildman–Crippen LogP) is 1.05. The summed E-state index contributed by atoms with van der Waals surface area (Å²) in [4.78, 5) is 14.1. The normalized spacial score (nSPS) is 28.2. The van der Waals surface area contributed by atoms with Gasteiger partial charge in [-0.3, -0.25) is 9.69 Å². The first-order valence-electron chi connectivity index (χ1n) is 5.44. The third kappa shape index (κ3) is 1.83. The van der Waals surface area contributed by atoms with Crippen molar-refractivity contribution in [1.82, 2.24) is 10.2 Å². The van der Waals surface area contributed by atoms with Gasteiger partial charge in [0.2, 0.25) is 0 Å². The third-order valence-corrected chi connectivity index (χ3v) is 4.71. The van der Waals surface area contributed by atoms with Crippen molar-refractivity contribution in [3.05, 3.63) is 0 Å². The summed E-state index contributed by atoms with van der Waals surface area (Å²) in [6.07, 6.45) is 2.95. The van der Waals surface area contributed by atoms with Crippen LogP contribution in [0.2, 0.25) is 0 Å². The first kappa shape index (κ1) is 10.5. The smallest absolute Gasteiger partial charge is 0.192 e. The molecule has 1 N–H and O–H groups in total. The lowest BCUT2D eigenvalue weighted by Crippen LogP contribution is -2.55. The maximum atomic E-state index is 11.5. The summed E-state index contributed by atoms with van der Waals surface area (Å²) in [5.41, 5.74) is 0. The van der Waals surface area contributed by atoms with E-state index in [1.807, 2.05) is 0 Å².